The van der Waals surface area contributed by atoms with E-state index in [2.05, 4.69) is 16.2 Å². The predicted octanol–water partition coefficient (Wildman–Crippen LogP) is 4.01. The molecule has 3 aromatic rings. The third kappa shape index (κ3) is 3.10. The van der Waals surface area contributed by atoms with Gasteiger partial charge in [-0.1, -0.05) is 11.2 Å². The lowest BCUT2D eigenvalue weighted by molar-refractivity contribution is -0.117. The van der Waals surface area contributed by atoms with Crippen LogP contribution < -0.4 is 4.90 Å². The zero-order valence-electron chi connectivity index (χ0n) is 14.6. The van der Waals surface area contributed by atoms with Gasteiger partial charge in [-0.25, -0.2) is 4.39 Å². The molecule has 1 aromatic heterocycles. The zero-order chi connectivity index (χ0) is 18.3. The number of nitrogens with zero attached hydrogens (tertiary/aromatic N) is 3. The molecule has 0 saturated carbocycles. The highest BCUT2D eigenvalue weighted by atomic mass is 19.1. The van der Waals surface area contributed by atoms with Gasteiger partial charge in [0.25, 0.3) is 5.89 Å². The minimum Gasteiger partial charge on any atom is -0.334 e. The molecule has 1 unspecified atom stereocenters. The molecule has 0 bridgehead atoms. The van der Waals surface area contributed by atoms with Crippen molar-refractivity contribution in [1.82, 2.24) is 10.1 Å². The Balaban J connectivity index is 1.56. The van der Waals surface area contributed by atoms with Crippen LogP contribution in [-0.2, 0) is 4.79 Å². The SMILES string of the molecule is Cc1cc(C)cc(N2CC(c3noc(-c4ccc(F)cc4)n3)CC2=O)c1. The lowest BCUT2D eigenvalue weighted by Gasteiger charge is -2.17. The summed E-state index contributed by atoms with van der Waals surface area (Å²) >= 11 is 0. The van der Waals surface area contributed by atoms with Crippen molar-refractivity contribution < 1.29 is 13.7 Å². The van der Waals surface area contributed by atoms with Crippen LogP contribution in [0.5, 0.6) is 0 Å². The summed E-state index contributed by atoms with van der Waals surface area (Å²) < 4.78 is 18.4. The molecule has 0 aliphatic carbocycles. The van der Waals surface area contributed by atoms with E-state index in [1.54, 1.807) is 17.0 Å². The molecule has 132 valence electrons. The topological polar surface area (TPSA) is 59.2 Å². The fourth-order valence-corrected chi connectivity index (χ4v) is 3.35. The Morgan fingerprint density at radius 3 is 2.50 bits per heavy atom. The molecule has 26 heavy (non-hydrogen) atoms. The molecule has 2 aromatic carbocycles. The van der Waals surface area contributed by atoms with E-state index in [0.717, 1.165) is 16.8 Å². The van der Waals surface area contributed by atoms with Crippen molar-refractivity contribution in [3.63, 3.8) is 0 Å². The summed E-state index contributed by atoms with van der Waals surface area (Å²) in [6, 6.07) is 12.0. The third-order valence-electron chi connectivity index (χ3n) is 4.54. The van der Waals surface area contributed by atoms with Crippen molar-refractivity contribution in [2.45, 2.75) is 26.2 Å². The summed E-state index contributed by atoms with van der Waals surface area (Å²) in [5, 5.41) is 4.04. The molecule has 1 aliphatic rings. The highest BCUT2D eigenvalue weighted by molar-refractivity contribution is 5.96. The summed E-state index contributed by atoms with van der Waals surface area (Å²) in [5.41, 5.74) is 3.79. The molecule has 4 rings (SSSR count). The first kappa shape index (κ1) is 16.4. The molecule has 0 N–H and O–H groups in total. The van der Waals surface area contributed by atoms with Gasteiger partial charge in [0.1, 0.15) is 5.82 Å². The van der Waals surface area contributed by atoms with Crippen LogP contribution in [0.15, 0.2) is 47.0 Å². The van der Waals surface area contributed by atoms with Crippen molar-refractivity contribution in [2.75, 3.05) is 11.4 Å². The van der Waals surface area contributed by atoms with E-state index in [4.69, 9.17) is 4.52 Å². The number of halogens is 1. The lowest BCUT2D eigenvalue weighted by atomic mass is 10.1. The van der Waals surface area contributed by atoms with E-state index in [-0.39, 0.29) is 17.6 Å². The lowest BCUT2D eigenvalue weighted by Crippen LogP contribution is -2.24. The van der Waals surface area contributed by atoms with E-state index >= 15 is 0 Å². The number of aromatic nitrogens is 2. The Labute approximate surface area is 150 Å². The van der Waals surface area contributed by atoms with Gasteiger partial charge in [-0.15, -0.1) is 0 Å². The van der Waals surface area contributed by atoms with Crippen molar-refractivity contribution in [1.29, 1.82) is 0 Å². The average molecular weight is 351 g/mol. The van der Waals surface area contributed by atoms with Gasteiger partial charge < -0.3 is 9.42 Å². The maximum absolute atomic E-state index is 13.0. The number of benzene rings is 2. The second-order valence-corrected chi connectivity index (χ2v) is 6.72. The van der Waals surface area contributed by atoms with Gasteiger partial charge in [0.2, 0.25) is 5.91 Å². The highest BCUT2D eigenvalue weighted by Gasteiger charge is 2.34. The molecule has 1 saturated heterocycles. The molecule has 1 atom stereocenters. The Bertz CT molecular complexity index is 945. The van der Waals surface area contributed by atoms with Gasteiger partial charge in [0, 0.05) is 30.1 Å². The molecule has 0 spiro atoms. The molecule has 1 amide bonds. The number of aryl methyl sites for hydroxylation is 2. The fraction of sp³-hybridized carbons (Fsp3) is 0.250. The maximum atomic E-state index is 13.0. The molecule has 0 radical (unpaired) electrons. The van der Waals surface area contributed by atoms with Crippen LogP contribution in [0.3, 0.4) is 0 Å². The summed E-state index contributed by atoms with van der Waals surface area (Å²) in [4.78, 5) is 18.7. The second-order valence-electron chi connectivity index (χ2n) is 6.72. The van der Waals surface area contributed by atoms with E-state index in [0.29, 0.717) is 30.2 Å². The maximum Gasteiger partial charge on any atom is 0.257 e. The number of hydrogen-bond donors (Lipinski definition) is 0. The average Bonchev–Trinajstić information content (AvgIpc) is 3.21. The molecule has 2 heterocycles. The number of carbonyl (C=O) groups is 1. The number of hydrogen-bond acceptors (Lipinski definition) is 4. The fourth-order valence-electron chi connectivity index (χ4n) is 3.35. The quantitative estimate of drug-likeness (QED) is 0.715. The van der Waals surface area contributed by atoms with Crippen molar-refractivity contribution in [2.24, 2.45) is 0 Å². The molecule has 6 heteroatoms. The number of rotatable bonds is 3. The molecular weight excluding hydrogens is 333 g/mol. The number of amides is 1. The first-order valence-corrected chi connectivity index (χ1v) is 8.48. The Hall–Kier alpha value is -3.02. The Morgan fingerprint density at radius 2 is 1.81 bits per heavy atom. The highest BCUT2D eigenvalue weighted by Crippen LogP contribution is 2.32. The van der Waals surface area contributed by atoms with Crippen molar-refractivity contribution in [3.05, 3.63) is 65.2 Å². The summed E-state index contributed by atoms with van der Waals surface area (Å²) in [7, 11) is 0. The van der Waals surface area contributed by atoms with Crippen LogP contribution >= 0.6 is 0 Å². The van der Waals surface area contributed by atoms with Crippen molar-refractivity contribution in [3.8, 4) is 11.5 Å². The Kier molecular flexibility index (Phi) is 4.03. The molecule has 1 aliphatic heterocycles. The van der Waals surface area contributed by atoms with Gasteiger partial charge in [-0.3, -0.25) is 4.79 Å². The van der Waals surface area contributed by atoms with Crippen LogP contribution in [0.2, 0.25) is 0 Å². The summed E-state index contributed by atoms with van der Waals surface area (Å²) in [5.74, 6) is 0.440. The number of carbonyl (C=O) groups excluding carboxylic acids is 1. The summed E-state index contributed by atoms with van der Waals surface area (Å²) in [6.45, 7) is 4.55. The molecule has 5 nitrogen and oxygen atoms in total. The van der Waals surface area contributed by atoms with Crippen LogP contribution in [-0.4, -0.2) is 22.6 Å². The van der Waals surface area contributed by atoms with E-state index in [9.17, 15) is 9.18 Å². The minimum absolute atomic E-state index is 0.0492. The minimum atomic E-state index is -0.320. The van der Waals surface area contributed by atoms with E-state index in [1.807, 2.05) is 26.0 Å². The normalized spacial score (nSPS) is 17.1. The molecular formula is C20H18FN3O2. The standard InChI is InChI=1S/C20H18FN3O2/c1-12-7-13(2)9-17(8-12)24-11-15(10-18(24)25)19-22-20(26-23-19)14-3-5-16(21)6-4-14/h3-9,15H,10-11H2,1-2H3. The van der Waals surface area contributed by atoms with E-state index < -0.39 is 0 Å². The van der Waals surface area contributed by atoms with Gasteiger partial charge in [-0.2, -0.15) is 4.98 Å². The zero-order valence-corrected chi connectivity index (χ0v) is 14.6. The number of anilines is 1. The monoisotopic (exact) mass is 351 g/mol. The van der Waals surface area contributed by atoms with E-state index in [1.165, 1.54) is 12.1 Å². The molecule has 1 fully saturated rings. The van der Waals surface area contributed by atoms with Gasteiger partial charge >= 0.3 is 0 Å². The van der Waals surface area contributed by atoms with Crippen LogP contribution in [0.25, 0.3) is 11.5 Å². The first-order chi connectivity index (χ1) is 12.5. The summed E-state index contributed by atoms with van der Waals surface area (Å²) in [6.07, 6.45) is 0.343. The second kappa shape index (κ2) is 6.37. The van der Waals surface area contributed by atoms with Crippen LogP contribution in [0.4, 0.5) is 10.1 Å². The van der Waals surface area contributed by atoms with Gasteiger partial charge in [0.15, 0.2) is 5.82 Å². The van der Waals surface area contributed by atoms with Gasteiger partial charge in [0.05, 0.1) is 0 Å². The van der Waals surface area contributed by atoms with Crippen LogP contribution in [0.1, 0.15) is 29.3 Å². The Morgan fingerprint density at radius 1 is 1.12 bits per heavy atom. The predicted molar refractivity (Wildman–Crippen MR) is 95.3 cm³/mol. The smallest absolute Gasteiger partial charge is 0.257 e. The first-order valence-electron chi connectivity index (χ1n) is 8.48. The largest absolute Gasteiger partial charge is 0.334 e. The van der Waals surface area contributed by atoms with Crippen LogP contribution in [0, 0.1) is 19.7 Å². The van der Waals surface area contributed by atoms with Crippen molar-refractivity contribution >= 4 is 11.6 Å². The van der Waals surface area contributed by atoms with Gasteiger partial charge in [-0.05, 0) is 61.4 Å². The third-order valence-corrected chi connectivity index (χ3v) is 4.54.